The lowest BCUT2D eigenvalue weighted by Crippen LogP contribution is -2.40. The molecule has 0 saturated heterocycles. The molecule has 21 heavy (non-hydrogen) atoms. The Kier molecular flexibility index (Phi) is 4.11. The van der Waals surface area contributed by atoms with Gasteiger partial charge in [0.25, 0.3) is 0 Å². The van der Waals surface area contributed by atoms with Crippen LogP contribution >= 0.6 is 0 Å². The molecule has 1 fully saturated rings. The Morgan fingerprint density at radius 2 is 1.90 bits per heavy atom. The van der Waals surface area contributed by atoms with E-state index in [9.17, 15) is 0 Å². The number of hydrogen-bond donors (Lipinski definition) is 1. The summed E-state index contributed by atoms with van der Waals surface area (Å²) in [6.45, 7) is 4.24. The molecule has 0 amide bonds. The number of aromatic nitrogens is 2. The molecule has 3 unspecified atom stereocenters. The van der Waals surface area contributed by atoms with Crippen molar-refractivity contribution in [3.8, 4) is 0 Å². The molecular weight excluding hydrogens is 258 g/mol. The maximum Gasteiger partial charge on any atom is 0.0681 e. The molecule has 1 aromatic heterocycles. The molecule has 1 aliphatic rings. The first-order chi connectivity index (χ1) is 10.2. The van der Waals surface area contributed by atoms with Gasteiger partial charge in [-0.3, -0.25) is 4.68 Å². The van der Waals surface area contributed by atoms with E-state index in [1.807, 2.05) is 0 Å². The lowest BCUT2D eigenvalue weighted by molar-refractivity contribution is 0.232. The van der Waals surface area contributed by atoms with E-state index in [4.69, 9.17) is 5.10 Å². The molecule has 3 heteroatoms. The molecule has 3 atom stereocenters. The van der Waals surface area contributed by atoms with Crippen LogP contribution in [0.1, 0.15) is 48.2 Å². The van der Waals surface area contributed by atoms with Crippen molar-refractivity contribution in [3.63, 3.8) is 0 Å². The second-order valence-electron chi connectivity index (χ2n) is 6.25. The summed E-state index contributed by atoms with van der Waals surface area (Å²) in [5.74, 6) is 0.643. The standard InChI is InChI=1S/C18H25N3/c1-13-11-14(2)21(20-13)18-12-16(9-10-17(18)19-3)15-7-5-4-6-8-15/h4-8,11,16-19H,9-10,12H2,1-3H3. The van der Waals surface area contributed by atoms with Gasteiger partial charge in [0, 0.05) is 11.7 Å². The third-order valence-electron chi connectivity index (χ3n) is 4.82. The van der Waals surface area contributed by atoms with Gasteiger partial charge in [0.05, 0.1) is 11.7 Å². The predicted octanol–water partition coefficient (Wildman–Crippen LogP) is 3.60. The van der Waals surface area contributed by atoms with Gasteiger partial charge in [0.2, 0.25) is 0 Å². The van der Waals surface area contributed by atoms with E-state index in [0.717, 1.165) is 12.1 Å². The maximum atomic E-state index is 4.74. The highest BCUT2D eigenvalue weighted by atomic mass is 15.3. The van der Waals surface area contributed by atoms with Crippen LogP contribution in [0.4, 0.5) is 0 Å². The van der Waals surface area contributed by atoms with Crippen molar-refractivity contribution in [1.29, 1.82) is 0 Å². The highest BCUT2D eigenvalue weighted by Gasteiger charge is 2.32. The van der Waals surface area contributed by atoms with Crippen molar-refractivity contribution < 1.29 is 0 Å². The van der Waals surface area contributed by atoms with Gasteiger partial charge in [-0.15, -0.1) is 0 Å². The molecule has 112 valence electrons. The minimum atomic E-state index is 0.447. The van der Waals surface area contributed by atoms with Crippen LogP contribution < -0.4 is 5.32 Å². The Labute approximate surface area is 127 Å². The maximum absolute atomic E-state index is 4.74. The van der Waals surface area contributed by atoms with Crippen LogP contribution in [-0.2, 0) is 0 Å². The minimum absolute atomic E-state index is 0.447. The van der Waals surface area contributed by atoms with Crippen LogP contribution in [-0.4, -0.2) is 22.9 Å². The summed E-state index contributed by atoms with van der Waals surface area (Å²) in [4.78, 5) is 0. The fraction of sp³-hybridized carbons (Fsp3) is 0.500. The van der Waals surface area contributed by atoms with Gasteiger partial charge in [-0.05, 0) is 57.7 Å². The van der Waals surface area contributed by atoms with Crippen molar-refractivity contribution in [2.24, 2.45) is 0 Å². The van der Waals surface area contributed by atoms with E-state index in [1.54, 1.807) is 0 Å². The summed E-state index contributed by atoms with van der Waals surface area (Å²) in [7, 11) is 2.08. The van der Waals surface area contributed by atoms with Crippen LogP contribution in [0, 0.1) is 13.8 Å². The van der Waals surface area contributed by atoms with Crippen LogP contribution in [0.5, 0.6) is 0 Å². The lowest BCUT2D eigenvalue weighted by atomic mass is 9.78. The topological polar surface area (TPSA) is 29.9 Å². The number of nitrogens with one attached hydrogen (secondary N) is 1. The van der Waals surface area contributed by atoms with Gasteiger partial charge in [0.15, 0.2) is 0 Å². The molecule has 1 aliphatic carbocycles. The monoisotopic (exact) mass is 283 g/mol. The summed E-state index contributed by atoms with van der Waals surface area (Å²) in [5, 5.41) is 8.24. The van der Waals surface area contributed by atoms with Gasteiger partial charge in [-0.25, -0.2) is 0 Å². The Morgan fingerprint density at radius 1 is 1.14 bits per heavy atom. The second kappa shape index (κ2) is 6.02. The molecule has 0 radical (unpaired) electrons. The van der Waals surface area contributed by atoms with Crippen LogP contribution in [0.15, 0.2) is 36.4 Å². The fourth-order valence-corrected chi connectivity index (χ4v) is 3.76. The second-order valence-corrected chi connectivity index (χ2v) is 6.25. The van der Waals surface area contributed by atoms with E-state index in [-0.39, 0.29) is 0 Å². The number of aryl methyl sites for hydroxylation is 2. The SMILES string of the molecule is CNC1CCC(c2ccccc2)CC1n1nc(C)cc1C. The quantitative estimate of drug-likeness (QED) is 0.933. The fourth-order valence-electron chi connectivity index (χ4n) is 3.76. The molecular formula is C18H25N3. The van der Waals surface area contributed by atoms with E-state index in [2.05, 4.69) is 67.3 Å². The number of rotatable bonds is 3. The molecule has 2 aromatic rings. The Balaban J connectivity index is 1.87. The van der Waals surface area contributed by atoms with E-state index in [0.29, 0.717) is 18.0 Å². The first-order valence-electron chi connectivity index (χ1n) is 7.94. The number of hydrogen-bond acceptors (Lipinski definition) is 2. The van der Waals surface area contributed by atoms with Gasteiger partial charge >= 0.3 is 0 Å². The number of likely N-dealkylation sites (N-methyl/N-ethyl adjacent to an activating group) is 1. The van der Waals surface area contributed by atoms with Crippen LogP contribution in [0.2, 0.25) is 0 Å². The van der Waals surface area contributed by atoms with E-state index >= 15 is 0 Å². The molecule has 0 spiro atoms. The summed E-state index contributed by atoms with van der Waals surface area (Å²) in [6.07, 6.45) is 3.63. The Hall–Kier alpha value is -1.61. The zero-order valence-electron chi connectivity index (χ0n) is 13.2. The van der Waals surface area contributed by atoms with Gasteiger partial charge in [-0.2, -0.15) is 5.10 Å². The van der Waals surface area contributed by atoms with Crippen LogP contribution in [0.3, 0.4) is 0 Å². The third-order valence-corrected chi connectivity index (χ3v) is 4.82. The summed E-state index contributed by atoms with van der Waals surface area (Å²) >= 11 is 0. The molecule has 1 heterocycles. The van der Waals surface area contributed by atoms with Crippen molar-refractivity contribution in [2.75, 3.05) is 7.05 Å². The molecule has 1 aromatic carbocycles. The van der Waals surface area contributed by atoms with E-state index < -0.39 is 0 Å². The summed E-state index contributed by atoms with van der Waals surface area (Å²) in [5.41, 5.74) is 3.86. The van der Waals surface area contributed by atoms with Crippen molar-refractivity contribution >= 4 is 0 Å². The molecule has 0 bridgehead atoms. The summed E-state index contributed by atoms with van der Waals surface area (Å²) < 4.78 is 2.24. The first kappa shape index (κ1) is 14.3. The van der Waals surface area contributed by atoms with Crippen LogP contribution in [0.25, 0.3) is 0 Å². The third kappa shape index (κ3) is 2.88. The Morgan fingerprint density at radius 3 is 2.52 bits per heavy atom. The van der Waals surface area contributed by atoms with Crippen molar-refractivity contribution in [3.05, 3.63) is 53.3 Å². The normalized spacial score (nSPS) is 26.0. The van der Waals surface area contributed by atoms with Gasteiger partial charge in [-0.1, -0.05) is 30.3 Å². The first-order valence-corrected chi connectivity index (χ1v) is 7.94. The van der Waals surface area contributed by atoms with E-state index in [1.165, 1.54) is 24.1 Å². The number of benzene rings is 1. The molecule has 1 N–H and O–H groups in total. The van der Waals surface area contributed by atoms with Gasteiger partial charge in [0.1, 0.15) is 0 Å². The highest BCUT2D eigenvalue weighted by molar-refractivity contribution is 5.21. The smallest absolute Gasteiger partial charge is 0.0681 e. The highest BCUT2D eigenvalue weighted by Crippen LogP contribution is 2.39. The van der Waals surface area contributed by atoms with Crippen molar-refractivity contribution in [1.82, 2.24) is 15.1 Å². The lowest BCUT2D eigenvalue weighted by Gasteiger charge is -2.37. The zero-order chi connectivity index (χ0) is 14.8. The number of nitrogens with zero attached hydrogens (tertiary/aromatic N) is 2. The largest absolute Gasteiger partial charge is 0.315 e. The molecule has 3 rings (SSSR count). The zero-order valence-corrected chi connectivity index (χ0v) is 13.2. The molecule has 1 saturated carbocycles. The van der Waals surface area contributed by atoms with Gasteiger partial charge < -0.3 is 5.32 Å². The summed E-state index contributed by atoms with van der Waals surface area (Å²) in [6, 6.07) is 14.1. The predicted molar refractivity (Wildman–Crippen MR) is 86.6 cm³/mol. The Bertz CT molecular complexity index is 588. The molecule has 0 aliphatic heterocycles. The average molecular weight is 283 g/mol. The van der Waals surface area contributed by atoms with Crippen molar-refractivity contribution in [2.45, 2.75) is 51.1 Å². The average Bonchev–Trinajstić information content (AvgIpc) is 2.86. The minimum Gasteiger partial charge on any atom is -0.315 e. The molecule has 3 nitrogen and oxygen atoms in total.